The van der Waals surface area contributed by atoms with E-state index in [2.05, 4.69) is 0 Å². The molecular formula is C17H33NO7. The molecule has 0 aromatic carbocycles. The van der Waals surface area contributed by atoms with Gasteiger partial charge in [0.1, 0.15) is 12.2 Å². The van der Waals surface area contributed by atoms with Crippen LogP contribution in [-0.2, 0) is 33.2 Å². The zero-order valence-electron chi connectivity index (χ0n) is 15.4. The number of fused-ring (bicyclic) bond motifs is 1. The molecule has 0 saturated carbocycles. The first-order chi connectivity index (χ1) is 12.1. The lowest BCUT2D eigenvalue weighted by Gasteiger charge is -2.31. The van der Waals surface area contributed by atoms with Crippen LogP contribution < -0.4 is 5.73 Å². The van der Waals surface area contributed by atoms with Gasteiger partial charge < -0.3 is 38.9 Å². The number of ether oxygens (including phenoxy) is 7. The van der Waals surface area contributed by atoms with Crippen LogP contribution in [0.1, 0.15) is 20.3 Å². The summed E-state index contributed by atoms with van der Waals surface area (Å²) in [5, 5.41) is 0. The standard InChI is InChI=1S/C17H33NO7/c1-17(2)24-14-3-5-23-15(16(14)25-17)13-22-12-11-21-10-9-20-8-7-19-6-4-18/h14-16H,3-13,18H2,1-2H3/t14?,15?,16-/m1/s1. The van der Waals surface area contributed by atoms with Gasteiger partial charge in [-0.3, -0.25) is 0 Å². The zero-order chi connectivity index (χ0) is 18.0. The lowest BCUT2D eigenvalue weighted by molar-refractivity contribution is -0.160. The van der Waals surface area contributed by atoms with Crippen molar-refractivity contribution in [2.24, 2.45) is 5.73 Å². The molecule has 2 aliphatic rings. The fraction of sp³-hybridized carbons (Fsp3) is 1.00. The molecule has 148 valence electrons. The monoisotopic (exact) mass is 363 g/mol. The Bertz CT molecular complexity index is 356. The van der Waals surface area contributed by atoms with E-state index in [1.807, 2.05) is 13.8 Å². The van der Waals surface area contributed by atoms with Crippen molar-refractivity contribution in [1.29, 1.82) is 0 Å². The van der Waals surface area contributed by atoms with Crippen molar-refractivity contribution >= 4 is 0 Å². The smallest absolute Gasteiger partial charge is 0.163 e. The van der Waals surface area contributed by atoms with Gasteiger partial charge >= 0.3 is 0 Å². The average molecular weight is 363 g/mol. The van der Waals surface area contributed by atoms with E-state index >= 15 is 0 Å². The Kier molecular flexibility index (Phi) is 9.57. The summed E-state index contributed by atoms with van der Waals surface area (Å²) in [6.07, 6.45) is 0.821. The van der Waals surface area contributed by atoms with E-state index in [0.717, 1.165) is 6.42 Å². The third-order valence-electron chi connectivity index (χ3n) is 3.98. The Balaban J connectivity index is 1.43. The van der Waals surface area contributed by atoms with Crippen molar-refractivity contribution in [3.63, 3.8) is 0 Å². The molecule has 8 heteroatoms. The van der Waals surface area contributed by atoms with Crippen LogP contribution in [0, 0.1) is 0 Å². The molecule has 0 bridgehead atoms. The van der Waals surface area contributed by atoms with Gasteiger partial charge in [0.05, 0.1) is 59.0 Å². The predicted octanol–water partition coefficient (Wildman–Crippen LogP) is 0.321. The van der Waals surface area contributed by atoms with Crippen LogP contribution in [0.4, 0.5) is 0 Å². The van der Waals surface area contributed by atoms with Gasteiger partial charge in [-0.2, -0.15) is 0 Å². The highest BCUT2D eigenvalue weighted by molar-refractivity contribution is 4.90. The molecule has 2 unspecified atom stereocenters. The van der Waals surface area contributed by atoms with Crippen LogP contribution in [0.2, 0.25) is 0 Å². The molecule has 0 aliphatic carbocycles. The second-order valence-electron chi connectivity index (χ2n) is 6.54. The summed E-state index contributed by atoms with van der Waals surface area (Å²) in [4.78, 5) is 0. The van der Waals surface area contributed by atoms with E-state index in [9.17, 15) is 0 Å². The largest absolute Gasteiger partial charge is 0.378 e. The quantitative estimate of drug-likeness (QED) is 0.468. The topological polar surface area (TPSA) is 90.6 Å². The summed E-state index contributed by atoms with van der Waals surface area (Å²) in [6.45, 7) is 9.37. The van der Waals surface area contributed by atoms with Gasteiger partial charge in [0, 0.05) is 13.2 Å². The molecule has 0 aromatic heterocycles. The highest BCUT2D eigenvalue weighted by Crippen LogP contribution is 2.35. The van der Waals surface area contributed by atoms with Crippen molar-refractivity contribution < 1.29 is 33.2 Å². The molecule has 3 atom stereocenters. The Morgan fingerprint density at radius 2 is 1.48 bits per heavy atom. The highest BCUT2D eigenvalue weighted by atomic mass is 16.8. The van der Waals surface area contributed by atoms with Gasteiger partial charge in [0.25, 0.3) is 0 Å². The van der Waals surface area contributed by atoms with Crippen LogP contribution in [0.15, 0.2) is 0 Å². The molecule has 0 radical (unpaired) electrons. The fourth-order valence-corrected chi connectivity index (χ4v) is 2.92. The number of rotatable bonds is 13. The van der Waals surface area contributed by atoms with Crippen LogP contribution in [0.5, 0.6) is 0 Å². The van der Waals surface area contributed by atoms with Crippen LogP contribution >= 0.6 is 0 Å². The van der Waals surface area contributed by atoms with Crippen molar-refractivity contribution in [2.75, 3.05) is 66.0 Å². The summed E-state index contributed by atoms with van der Waals surface area (Å²) >= 11 is 0. The summed E-state index contributed by atoms with van der Waals surface area (Å²) in [7, 11) is 0. The van der Waals surface area contributed by atoms with E-state index in [0.29, 0.717) is 66.0 Å². The third-order valence-corrected chi connectivity index (χ3v) is 3.98. The zero-order valence-corrected chi connectivity index (χ0v) is 15.4. The second-order valence-corrected chi connectivity index (χ2v) is 6.54. The molecule has 2 heterocycles. The van der Waals surface area contributed by atoms with Crippen molar-refractivity contribution in [3.05, 3.63) is 0 Å². The Hall–Kier alpha value is -0.320. The van der Waals surface area contributed by atoms with Gasteiger partial charge in [-0.15, -0.1) is 0 Å². The maximum atomic E-state index is 5.93. The van der Waals surface area contributed by atoms with Crippen molar-refractivity contribution in [1.82, 2.24) is 0 Å². The minimum absolute atomic E-state index is 0.0560. The van der Waals surface area contributed by atoms with E-state index < -0.39 is 5.79 Å². The van der Waals surface area contributed by atoms with Gasteiger partial charge in [0.2, 0.25) is 0 Å². The number of nitrogens with two attached hydrogens (primary N) is 1. The minimum atomic E-state index is -0.542. The third kappa shape index (κ3) is 7.84. The summed E-state index contributed by atoms with van der Waals surface area (Å²) in [6, 6.07) is 0. The fourth-order valence-electron chi connectivity index (χ4n) is 2.92. The summed E-state index contributed by atoms with van der Waals surface area (Å²) in [5.41, 5.74) is 5.31. The lowest BCUT2D eigenvalue weighted by atomic mass is 10.0. The van der Waals surface area contributed by atoms with E-state index in [-0.39, 0.29) is 18.3 Å². The summed E-state index contributed by atoms with van der Waals surface area (Å²) in [5.74, 6) is -0.542. The predicted molar refractivity (Wildman–Crippen MR) is 90.5 cm³/mol. The van der Waals surface area contributed by atoms with Gasteiger partial charge in [0.15, 0.2) is 5.79 Å². The van der Waals surface area contributed by atoms with Gasteiger partial charge in [-0.1, -0.05) is 0 Å². The van der Waals surface area contributed by atoms with E-state index in [4.69, 9.17) is 38.9 Å². The van der Waals surface area contributed by atoms with E-state index in [1.54, 1.807) is 0 Å². The van der Waals surface area contributed by atoms with Crippen molar-refractivity contribution in [2.45, 2.75) is 44.4 Å². The average Bonchev–Trinajstić information content (AvgIpc) is 2.90. The molecule has 0 amide bonds. The maximum Gasteiger partial charge on any atom is 0.163 e. The molecule has 2 fully saturated rings. The van der Waals surface area contributed by atoms with Crippen LogP contribution in [0.3, 0.4) is 0 Å². The maximum absolute atomic E-state index is 5.93. The Labute approximate surface area is 150 Å². The molecule has 2 aliphatic heterocycles. The van der Waals surface area contributed by atoms with Crippen LogP contribution in [0.25, 0.3) is 0 Å². The molecule has 0 aromatic rings. The van der Waals surface area contributed by atoms with E-state index in [1.165, 1.54) is 0 Å². The van der Waals surface area contributed by atoms with Gasteiger partial charge in [-0.05, 0) is 20.3 Å². The molecular weight excluding hydrogens is 330 g/mol. The first kappa shape index (κ1) is 21.0. The second kappa shape index (κ2) is 11.4. The molecule has 2 saturated heterocycles. The Morgan fingerprint density at radius 1 is 0.880 bits per heavy atom. The SMILES string of the molecule is CC1(C)OC2CCOC(COCCOCCOCCOCCN)[C@@H]2O1. The minimum Gasteiger partial charge on any atom is -0.378 e. The van der Waals surface area contributed by atoms with Gasteiger partial charge in [-0.25, -0.2) is 0 Å². The molecule has 2 N–H and O–H groups in total. The lowest BCUT2D eigenvalue weighted by Crippen LogP contribution is -2.45. The van der Waals surface area contributed by atoms with Crippen molar-refractivity contribution in [3.8, 4) is 0 Å². The summed E-state index contributed by atoms with van der Waals surface area (Å²) < 4.78 is 39.3. The highest BCUT2D eigenvalue weighted by Gasteiger charge is 2.47. The van der Waals surface area contributed by atoms with Crippen LogP contribution in [-0.4, -0.2) is 90.1 Å². The first-order valence-electron chi connectivity index (χ1n) is 9.10. The molecule has 2 rings (SSSR count). The number of hydrogen-bond donors (Lipinski definition) is 1. The first-order valence-corrected chi connectivity index (χ1v) is 9.10. The Morgan fingerprint density at radius 3 is 2.12 bits per heavy atom. The molecule has 0 spiro atoms. The molecule has 8 nitrogen and oxygen atoms in total. The number of hydrogen-bond acceptors (Lipinski definition) is 8. The molecule has 25 heavy (non-hydrogen) atoms. The normalized spacial score (nSPS) is 28.2.